The maximum Gasteiger partial charge on any atom is 0.223 e. The van der Waals surface area contributed by atoms with Crippen LogP contribution >= 0.6 is 15.9 Å². The lowest BCUT2D eigenvalue weighted by molar-refractivity contribution is 1.07. The van der Waals surface area contributed by atoms with Gasteiger partial charge in [-0.1, -0.05) is 0 Å². The van der Waals surface area contributed by atoms with Gasteiger partial charge in [-0.15, -0.1) is 0 Å². The first-order valence-corrected chi connectivity index (χ1v) is 4.60. The number of hydrogen-bond acceptors (Lipinski definition) is 5. The molecule has 0 radical (unpaired) electrons. The van der Waals surface area contributed by atoms with Gasteiger partial charge in [0, 0.05) is 22.4 Å². The SMILES string of the molecule is Nc1ncnc(-c2cncc(Br)c2)n1. The molecule has 0 amide bonds. The molecule has 0 aliphatic heterocycles. The number of halogens is 1. The van der Waals surface area contributed by atoms with Crippen LogP contribution in [0.2, 0.25) is 0 Å². The van der Waals surface area contributed by atoms with E-state index in [-0.39, 0.29) is 5.95 Å². The smallest absolute Gasteiger partial charge is 0.223 e. The molecule has 0 saturated carbocycles. The summed E-state index contributed by atoms with van der Waals surface area (Å²) in [4.78, 5) is 15.7. The molecule has 2 aromatic rings. The minimum Gasteiger partial charge on any atom is -0.368 e. The minimum atomic E-state index is 0.204. The number of nitrogens with zero attached hydrogens (tertiary/aromatic N) is 4. The van der Waals surface area contributed by atoms with Gasteiger partial charge in [-0.3, -0.25) is 4.98 Å². The summed E-state index contributed by atoms with van der Waals surface area (Å²) >= 11 is 3.31. The van der Waals surface area contributed by atoms with E-state index < -0.39 is 0 Å². The van der Waals surface area contributed by atoms with Gasteiger partial charge in [0.1, 0.15) is 6.33 Å². The monoisotopic (exact) mass is 251 g/mol. The number of aromatic nitrogens is 4. The second-order valence-corrected chi connectivity index (χ2v) is 3.47. The first kappa shape index (κ1) is 9.01. The van der Waals surface area contributed by atoms with Gasteiger partial charge in [0.2, 0.25) is 5.95 Å². The summed E-state index contributed by atoms with van der Waals surface area (Å²) in [6.07, 6.45) is 4.73. The van der Waals surface area contributed by atoms with Crippen molar-refractivity contribution in [3.8, 4) is 11.4 Å². The molecule has 6 heteroatoms. The van der Waals surface area contributed by atoms with Crippen LogP contribution in [-0.2, 0) is 0 Å². The zero-order valence-corrected chi connectivity index (χ0v) is 8.64. The predicted octanol–water partition coefficient (Wildman–Crippen LogP) is 1.28. The normalized spacial score (nSPS) is 10.1. The van der Waals surface area contributed by atoms with Crippen LogP contribution in [0.4, 0.5) is 5.95 Å². The third-order valence-electron chi connectivity index (χ3n) is 1.55. The summed E-state index contributed by atoms with van der Waals surface area (Å²) in [7, 11) is 0. The number of anilines is 1. The van der Waals surface area contributed by atoms with E-state index in [2.05, 4.69) is 35.9 Å². The van der Waals surface area contributed by atoms with E-state index >= 15 is 0 Å². The molecular formula is C8H6BrN5. The van der Waals surface area contributed by atoms with Gasteiger partial charge in [-0.2, -0.15) is 4.98 Å². The second kappa shape index (κ2) is 3.67. The van der Waals surface area contributed by atoms with Gasteiger partial charge in [0.25, 0.3) is 0 Å². The summed E-state index contributed by atoms with van der Waals surface area (Å²) in [6.45, 7) is 0. The Labute approximate surface area is 88.6 Å². The molecule has 0 saturated heterocycles. The fraction of sp³-hybridized carbons (Fsp3) is 0. The number of pyridine rings is 1. The maximum absolute atomic E-state index is 5.44. The number of rotatable bonds is 1. The standard InChI is InChI=1S/C8H6BrN5/c9-6-1-5(2-11-3-6)7-12-4-13-8(10)14-7/h1-4H,(H2,10,12,13,14). The van der Waals surface area contributed by atoms with Gasteiger partial charge < -0.3 is 5.73 Å². The molecule has 2 N–H and O–H groups in total. The highest BCUT2D eigenvalue weighted by Gasteiger charge is 2.02. The third kappa shape index (κ3) is 1.85. The van der Waals surface area contributed by atoms with Crippen LogP contribution in [0.3, 0.4) is 0 Å². The molecule has 0 atom stereocenters. The molecule has 0 bridgehead atoms. The van der Waals surface area contributed by atoms with Gasteiger partial charge in [0.15, 0.2) is 5.82 Å². The average Bonchev–Trinajstić information content (AvgIpc) is 2.18. The Hall–Kier alpha value is -1.56. The van der Waals surface area contributed by atoms with Crippen LogP contribution in [0, 0.1) is 0 Å². The lowest BCUT2D eigenvalue weighted by Gasteiger charge is -1.99. The van der Waals surface area contributed by atoms with Crippen LogP contribution in [0.5, 0.6) is 0 Å². The van der Waals surface area contributed by atoms with E-state index in [1.54, 1.807) is 12.4 Å². The first-order chi connectivity index (χ1) is 6.75. The van der Waals surface area contributed by atoms with Crippen LogP contribution < -0.4 is 5.73 Å². The molecule has 0 unspecified atom stereocenters. The lowest BCUT2D eigenvalue weighted by atomic mass is 10.3. The van der Waals surface area contributed by atoms with Crippen molar-refractivity contribution < 1.29 is 0 Å². The Kier molecular flexibility index (Phi) is 2.36. The van der Waals surface area contributed by atoms with Crippen molar-refractivity contribution in [3.63, 3.8) is 0 Å². The van der Waals surface area contributed by atoms with Crippen molar-refractivity contribution in [1.82, 2.24) is 19.9 Å². The molecule has 2 rings (SSSR count). The molecule has 5 nitrogen and oxygen atoms in total. The van der Waals surface area contributed by atoms with Crippen molar-refractivity contribution >= 4 is 21.9 Å². The summed E-state index contributed by atoms with van der Waals surface area (Å²) in [5.74, 6) is 0.723. The number of nitrogen functional groups attached to an aromatic ring is 1. The van der Waals surface area contributed by atoms with E-state index in [0.717, 1.165) is 10.0 Å². The van der Waals surface area contributed by atoms with Crippen molar-refractivity contribution in [2.24, 2.45) is 0 Å². The van der Waals surface area contributed by atoms with Crippen molar-refractivity contribution in [1.29, 1.82) is 0 Å². The molecule has 0 aliphatic rings. The van der Waals surface area contributed by atoms with Crippen LogP contribution in [-0.4, -0.2) is 19.9 Å². The van der Waals surface area contributed by atoms with Gasteiger partial charge in [-0.05, 0) is 22.0 Å². The molecule has 0 aromatic carbocycles. The van der Waals surface area contributed by atoms with E-state index in [9.17, 15) is 0 Å². The van der Waals surface area contributed by atoms with E-state index in [1.807, 2.05) is 6.07 Å². The van der Waals surface area contributed by atoms with Crippen LogP contribution in [0.15, 0.2) is 29.3 Å². The van der Waals surface area contributed by atoms with Crippen LogP contribution in [0.1, 0.15) is 0 Å². The highest BCUT2D eigenvalue weighted by Crippen LogP contribution is 2.17. The average molecular weight is 252 g/mol. The van der Waals surface area contributed by atoms with Gasteiger partial charge >= 0.3 is 0 Å². The summed E-state index contributed by atoms with van der Waals surface area (Å²) in [5, 5.41) is 0. The maximum atomic E-state index is 5.44. The highest BCUT2D eigenvalue weighted by atomic mass is 79.9. The molecule has 0 spiro atoms. The Morgan fingerprint density at radius 2 is 2.07 bits per heavy atom. The summed E-state index contributed by atoms with van der Waals surface area (Å²) in [5.41, 5.74) is 6.24. The molecule has 0 aliphatic carbocycles. The summed E-state index contributed by atoms with van der Waals surface area (Å²) < 4.78 is 0.869. The largest absolute Gasteiger partial charge is 0.368 e. The Bertz CT molecular complexity index is 415. The van der Waals surface area contributed by atoms with Crippen molar-refractivity contribution in [2.75, 3.05) is 5.73 Å². The molecule has 2 heterocycles. The van der Waals surface area contributed by atoms with Crippen molar-refractivity contribution in [2.45, 2.75) is 0 Å². The zero-order chi connectivity index (χ0) is 9.97. The Morgan fingerprint density at radius 3 is 2.79 bits per heavy atom. The number of hydrogen-bond donors (Lipinski definition) is 1. The third-order valence-corrected chi connectivity index (χ3v) is 1.99. The van der Waals surface area contributed by atoms with E-state index in [4.69, 9.17) is 5.73 Å². The van der Waals surface area contributed by atoms with Gasteiger partial charge in [0.05, 0.1) is 0 Å². The molecular weight excluding hydrogens is 246 g/mol. The van der Waals surface area contributed by atoms with Crippen LogP contribution in [0.25, 0.3) is 11.4 Å². The topological polar surface area (TPSA) is 77.6 Å². The second-order valence-electron chi connectivity index (χ2n) is 2.56. The fourth-order valence-electron chi connectivity index (χ4n) is 0.982. The van der Waals surface area contributed by atoms with Crippen molar-refractivity contribution in [3.05, 3.63) is 29.3 Å². The zero-order valence-electron chi connectivity index (χ0n) is 7.05. The van der Waals surface area contributed by atoms with Gasteiger partial charge in [-0.25, -0.2) is 9.97 Å². The quantitative estimate of drug-likeness (QED) is 0.827. The highest BCUT2D eigenvalue weighted by molar-refractivity contribution is 9.10. The molecule has 0 fully saturated rings. The van der Waals surface area contributed by atoms with E-state index in [0.29, 0.717) is 5.82 Å². The Morgan fingerprint density at radius 1 is 1.21 bits per heavy atom. The predicted molar refractivity (Wildman–Crippen MR) is 55.2 cm³/mol. The fourth-order valence-corrected chi connectivity index (χ4v) is 1.35. The lowest BCUT2D eigenvalue weighted by Crippen LogP contribution is -1.98. The first-order valence-electron chi connectivity index (χ1n) is 3.81. The Balaban J connectivity index is 2.49. The minimum absolute atomic E-state index is 0.204. The summed E-state index contributed by atoms with van der Waals surface area (Å²) in [6, 6.07) is 1.86. The van der Waals surface area contributed by atoms with E-state index in [1.165, 1.54) is 6.33 Å². The molecule has 70 valence electrons. The molecule has 2 aromatic heterocycles. The number of nitrogens with two attached hydrogens (primary N) is 1. The molecule has 14 heavy (non-hydrogen) atoms.